The lowest BCUT2D eigenvalue weighted by Gasteiger charge is -2.11. The average molecular weight is 1030 g/mol. The molecule has 0 spiro atoms. The lowest BCUT2D eigenvalue weighted by molar-refractivity contribution is -0.275. The molecule has 338 valence electrons. The van der Waals surface area contributed by atoms with Crippen LogP contribution in [0.4, 0.5) is 26.3 Å². The quantitative estimate of drug-likeness (QED) is 0.104. The summed E-state index contributed by atoms with van der Waals surface area (Å²) in [4.78, 5) is 20.5. The van der Waals surface area contributed by atoms with E-state index in [9.17, 15) is 36.2 Å². The lowest BCUT2D eigenvalue weighted by atomic mass is 10.0. The highest BCUT2D eigenvalue weighted by Crippen LogP contribution is 2.40. The van der Waals surface area contributed by atoms with Gasteiger partial charge in [0.2, 0.25) is 0 Å². The summed E-state index contributed by atoms with van der Waals surface area (Å²) in [6.45, 7) is 6.41. The molecule has 0 aliphatic heterocycles. The van der Waals surface area contributed by atoms with Crippen molar-refractivity contribution in [1.29, 1.82) is 0 Å². The van der Waals surface area contributed by atoms with Gasteiger partial charge in [0.25, 0.3) is 0 Å². The molecule has 1 N–H and O–H groups in total. The number of nitrogens with zero attached hydrogens (tertiary/aromatic N) is 6. The van der Waals surface area contributed by atoms with Crippen LogP contribution in [0.1, 0.15) is 55.3 Å². The number of hydrogen-bond donors (Lipinski definition) is 1. The van der Waals surface area contributed by atoms with Crippen molar-refractivity contribution in [3.05, 3.63) is 142 Å². The minimum absolute atomic E-state index is 0. The average Bonchev–Trinajstić information content (AvgIpc) is 4.05. The summed E-state index contributed by atoms with van der Waals surface area (Å²) in [6.07, 6.45) is -6.88. The zero-order chi connectivity index (χ0) is 46.1. The van der Waals surface area contributed by atoms with Crippen LogP contribution < -0.4 is 9.47 Å². The number of oxazole rings is 2. The molecule has 0 aliphatic carbocycles. The summed E-state index contributed by atoms with van der Waals surface area (Å²) in [5.41, 5.74) is 5.42. The van der Waals surface area contributed by atoms with Gasteiger partial charge in [0.05, 0.1) is 23.2 Å². The minimum Gasteiger partial charge on any atom is -0.440 e. The number of ether oxygens (including phenoxy) is 2. The number of aliphatic hydroxyl groups is 1. The summed E-state index contributed by atoms with van der Waals surface area (Å²) >= 11 is 6.92. The van der Waals surface area contributed by atoms with Gasteiger partial charge in [0.15, 0.2) is 29.1 Å². The fourth-order valence-electron chi connectivity index (χ4n) is 6.36. The summed E-state index contributed by atoms with van der Waals surface area (Å²) in [6, 6.07) is 25.1. The molecule has 4 aromatic carbocycles. The molecule has 0 fully saturated rings. The number of carbonyl (C=O) groups is 1. The van der Waals surface area contributed by atoms with Gasteiger partial charge in [0, 0.05) is 64.4 Å². The van der Waals surface area contributed by atoms with Crippen LogP contribution in [0.2, 0.25) is 0 Å². The smallest absolute Gasteiger partial charge is 0.440 e. The summed E-state index contributed by atoms with van der Waals surface area (Å²) in [5.74, 6) is 0.774. The number of Topliss-reactive ketones (excluding diaryl/α,β-unsaturated/α-hetero) is 1. The Morgan fingerprint density at radius 1 is 0.662 bits per heavy atom. The molecule has 0 amide bonds. The van der Waals surface area contributed by atoms with Gasteiger partial charge < -0.3 is 23.4 Å². The van der Waals surface area contributed by atoms with Gasteiger partial charge >= 0.3 is 12.7 Å². The second-order valence-corrected chi connectivity index (χ2v) is 15.7. The second-order valence-electron chi connectivity index (χ2n) is 13.9. The standard InChI is InChI=1S/C22H17BrF3N3O3.C22H15BrF3N3O3.CH4/c2*1-12(30)18-9-10-29(28-18)19-8-5-15(23)11-17(19)21-20(27-13(2)31-21)14-3-6-16(7-4-14)32-22(24,25)26;/h3-12,30H,1-2H3;3-11H,1-2H3;1H4. The van der Waals surface area contributed by atoms with Crippen LogP contribution in [-0.4, -0.2) is 53.1 Å². The first-order valence-corrected chi connectivity index (χ1v) is 20.4. The van der Waals surface area contributed by atoms with Gasteiger partial charge in [-0.25, -0.2) is 19.3 Å². The SMILES string of the molecule is C.CC(=O)c1ccn(-c2ccc(Br)cc2-c2oc(C)nc2-c2ccc(OC(F)(F)F)cc2)n1.Cc1nc(-c2ccc(OC(F)(F)F)cc2)c(-c2cc(Br)ccc2-n2ccc(C(C)O)n2)o1. The second kappa shape index (κ2) is 19.3. The molecular formula is C45H36Br2F6N6O6. The molecule has 8 rings (SSSR count). The van der Waals surface area contributed by atoms with Gasteiger partial charge in [-0.05, 0) is 104 Å². The highest BCUT2D eigenvalue weighted by molar-refractivity contribution is 9.10. The van der Waals surface area contributed by atoms with Crippen molar-refractivity contribution in [3.8, 4) is 68.0 Å². The van der Waals surface area contributed by atoms with E-state index < -0.39 is 18.8 Å². The predicted octanol–water partition coefficient (Wildman–Crippen LogP) is 13.2. The van der Waals surface area contributed by atoms with Crippen molar-refractivity contribution in [1.82, 2.24) is 29.5 Å². The van der Waals surface area contributed by atoms with Crippen LogP contribution in [0.15, 0.2) is 127 Å². The molecule has 1 unspecified atom stereocenters. The first-order chi connectivity index (χ1) is 30.2. The molecule has 0 radical (unpaired) electrons. The van der Waals surface area contributed by atoms with E-state index in [4.69, 9.17) is 8.83 Å². The number of alkyl halides is 6. The largest absolute Gasteiger partial charge is 0.573 e. The van der Waals surface area contributed by atoms with Gasteiger partial charge in [-0.15, -0.1) is 26.3 Å². The maximum Gasteiger partial charge on any atom is 0.573 e. The van der Waals surface area contributed by atoms with Crippen molar-refractivity contribution in [3.63, 3.8) is 0 Å². The van der Waals surface area contributed by atoms with Crippen LogP contribution in [0.5, 0.6) is 11.5 Å². The highest BCUT2D eigenvalue weighted by Gasteiger charge is 2.32. The van der Waals surface area contributed by atoms with Crippen molar-refractivity contribution >= 4 is 37.6 Å². The third kappa shape index (κ3) is 11.6. The molecule has 65 heavy (non-hydrogen) atoms. The number of ketones is 1. The van der Waals surface area contributed by atoms with Crippen LogP contribution in [-0.2, 0) is 0 Å². The first-order valence-electron chi connectivity index (χ1n) is 18.8. The summed E-state index contributed by atoms with van der Waals surface area (Å²) in [5, 5.41) is 18.5. The van der Waals surface area contributed by atoms with Gasteiger partial charge in [-0.1, -0.05) is 39.3 Å². The fourth-order valence-corrected chi connectivity index (χ4v) is 7.08. The zero-order valence-corrected chi connectivity index (χ0v) is 36.8. The number of rotatable bonds is 10. The maximum atomic E-state index is 12.5. The first kappa shape index (κ1) is 48.0. The molecule has 0 saturated carbocycles. The van der Waals surface area contributed by atoms with E-state index in [1.165, 1.54) is 55.5 Å². The molecule has 0 saturated heterocycles. The summed E-state index contributed by atoms with van der Waals surface area (Å²) in [7, 11) is 0. The Kier molecular flexibility index (Phi) is 14.2. The van der Waals surface area contributed by atoms with Gasteiger partial charge in [-0.2, -0.15) is 10.2 Å². The maximum absolute atomic E-state index is 12.5. The lowest BCUT2D eigenvalue weighted by Crippen LogP contribution is -2.16. The molecule has 0 aliphatic rings. The van der Waals surface area contributed by atoms with Crippen molar-refractivity contribution in [2.24, 2.45) is 0 Å². The Bertz CT molecular complexity index is 2940. The van der Waals surface area contributed by atoms with E-state index in [0.29, 0.717) is 79.7 Å². The number of aryl methyl sites for hydroxylation is 2. The Balaban J connectivity index is 0.000000212. The molecular weight excluding hydrogens is 994 g/mol. The Hall–Kier alpha value is -6.51. The van der Waals surface area contributed by atoms with E-state index >= 15 is 0 Å². The van der Waals surface area contributed by atoms with Crippen molar-refractivity contribution in [2.45, 2.75) is 54.0 Å². The van der Waals surface area contributed by atoms with Crippen LogP contribution in [0, 0.1) is 13.8 Å². The molecule has 1 atom stereocenters. The van der Waals surface area contributed by atoms with E-state index in [1.54, 1.807) is 60.7 Å². The normalized spacial score (nSPS) is 12.0. The number of benzene rings is 4. The minimum atomic E-state index is -4.77. The van der Waals surface area contributed by atoms with Gasteiger partial charge in [-0.3, -0.25) is 4.79 Å². The predicted molar refractivity (Wildman–Crippen MR) is 235 cm³/mol. The monoisotopic (exact) mass is 1030 g/mol. The Morgan fingerprint density at radius 3 is 1.45 bits per heavy atom. The van der Waals surface area contributed by atoms with Crippen LogP contribution in [0.25, 0.3) is 56.5 Å². The fraction of sp³-hybridized carbons (Fsp3) is 0.178. The Morgan fingerprint density at radius 2 is 1.08 bits per heavy atom. The summed E-state index contributed by atoms with van der Waals surface area (Å²) < 4.78 is 99.2. The third-order valence-electron chi connectivity index (χ3n) is 9.08. The van der Waals surface area contributed by atoms with Crippen molar-refractivity contribution in [2.75, 3.05) is 0 Å². The van der Waals surface area contributed by atoms with E-state index in [0.717, 1.165) is 8.95 Å². The number of hydrogen-bond acceptors (Lipinski definition) is 10. The number of aromatic nitrogens is 6. The molecule has 4 heterocycles. The molecule has 0 bridgehead atoms. The Labute approximate surface area is 383 Å². The zero-order valence-electron chi connectivity index (χ0n) is 33.7. The highest BCUT2D eigenvalue weighted by atomic mass is 79.9. The molecule has 4 aromatic heterocycles. The third-order valence-corrected chi connectivity index (χ3v) is 10.1. The number of carbonyl (C=O) groups excluding carboxylic acids is 1. The molecule has 20 heteroatoms. The molecule has 12 nitrogen and oxygen atoms in total. The van der Waals surface area contributed by atoms with E-state index in [2.05, 4.69) is 61.5 Å². The van der Waals surface area contributed by atoms with E-state index in [1.807, 2.05) is 30.3 Å². The topological polar surface area (TPSA) is 143 Å². The van der Waals surface area contributed by atoms with Gasteiger partial charge in [0.1, 0.15) is 28.6 Å². The van der Waals surface area contributed by atoms with E-state index in [-0.39, 0.29) is 24.7 Å². The molecule has 8 aromatic rings. The van der Waals surface area contributed by atoms with Crippen LogP contribution in [0.3, 0.4) is 0 Å². The van der Waals surface area contributed by atoms with Crippen LogP contribution >= 0.6 is 31.9 Å². The number of halogens is 8. The number of aliphatic hydroxyl groups excluding tert-OH is 1. The van der Waals surface area contributed by atoms with Crippen molar-refractivity contribution < 1.29 is 54.6 Å².